The predicted octanol–water partition coefficient (Wildman–Crippen LogP) is 4.44. The van der Waals surface area contributed by atoms with E-state index in [1.807, 2.05) is 6.92 Å². The minimum atomic E-state index is -4.39. The fourth-order valence-corrected chi connectivity index (χ4v) is 1.88. The summed E-state index contributed by atoms with van der Waals surface area (Å²) in [5.41, 5.74) is 1.17. The summed E-state index contributed by atoms with van der Waals surface area (Å²) in [4.78, 5) is 12.0. The van der Waals surface area contributed by atoms with Crippen LogP contribution in [-0.2, 0) is 12.6 Å². The van der Waals surface area contributed by atoms with Gasteiger partial charge in [0, 0.05) is 12.0 Å². The van der Waals surface area contributed by atoms with Crippen molar-refractivity contribution in [3.05, 3.63) is 70.8 Å². The molecular weight excluding hydrogens is 265 g/mol. The van der Waals surface area contributed by atoms with E-state index in [1.165, 1.54) is 12.1 Å². The molecule has 0 atom stereocenters. The molecule has 2 aromatic carbocycles. The van der Waals surface area contributed by atoms with Crippen LogP contribution in [0.4, 0.5) is 13.2 Å². The molecule has 0 fully saturated rings. The largest absolute Gasteiger partial charge is 0.416 e. The number of carbonyl (C=O) groups excluding carboxylic acids is 1. The van der Waals surface area contributed by atoms with E-state index in [2.05, 4.69) is 0 Å². The maximum atomic E-state index is 12.6. The maximum Gasteiger partial charge on any atom is 0.416 e. The molecule has 0 spiro atoms. The first-order chi connectivity index (χ1) is 9.36. The average Bonchev–Trinajstić information content (AvgIpc) is 2.38. The van der Waals surface area contributed by atoms with Gasteiger partial charge in [0.15, 0.2) is 5.78 Å². The standard InChI is InChI=1S/C16H13F3O/c1-11-5-7-13(8-6-11)15(20)10-12-3-2-4-14(9-12)16(17,18)19/h2-9H,10H2,1H3. The van der Waals surface area contributed by atoms with Gasteiger partial charge in [-0.25, -0.2) is 0 Å². The van der Waals surface area contributed by atoms with Crippen LogP contribution in [0.2, 0.25) is 0 Å². The van der Waals surface area contributed by atoms with Gasteiger partial charge in [0.2, 0.25) is 0 Å². The molecule has 2 aromatic rings. The average molecular weight is 278 g/mol. The second kappa shape index (κ2) is 5.49. The van der Waals surface area contributed by atoms with Gasteiger partial charge in [0.1, 0.15) is 0 Å². The third-order valence-corrected chi connectivity index (χ3v) is 2.99. The second-order valence-corrected chi connectivity index (χ2v) is 4.66. The molecule has 0 unspecified atom stereocenters. The smallest absolute Gasteiger partial charge is 0.294 e. The van der Waals surface area contributed by atoms with Crippen molar-refractivity contribution in [1.82, 2.24) is 0 Å². The second-order valence-electron chi connectivity index (χ2n) is 4.66. The Bertz CT molecular complexity index is 612. The van der Waals surface area contributed by atoms with Crippen molar-refractivity contribution in [1.29, 1.82) is 0 Å². The van der Waals surface area contributed by atoms with Gasteiger partial charge < -0.3 is 0 Å². The highest BCUT2D eigenvalue weighted by Gasteiger charge is 2.30. The Morgan fingerprint density at radius 3 is 2.30 bits per heavy atom. The van der Waals surface area contributed by atoms with E-state index in [9.17, 15) is 18.0 Å². The molecule has 0 saturated carbocycles. The van der Waals surface area contributed by atoms with Gasteiger partial charge >= 0.3 is 6.18 Å². The fourth-order valence-electron chi connectivity index (χ4n) is 1.88. The molecule has 0 saturated heterocycles. The normalized spacial score (nSPS) is 11.4. The van der Waals surface area contributed by atoms with Crippen LogP contribution in [-0.4, -0.2) is 5.78 Å². The summed E-state index contributed by atoms with van der Waals surface area (Å²) < 4.78 is 37.8. The number of benzene rings is 2. The molecule has 0 heterocycles. The first-order valence-electron chi connectivity index (χ1n) is 6.12. The van der Waals surface area contributed by atoms with Crippen LogP contribution in [0.25, 0.3) is 0 Å². The first-order valence-corrected chi connectivity index (χ1v) is 6.12. The highest BCUT2D eigenvalue weighted by atomic mass is 19.4. The Balaban J connectivity index is 2.18. The molecule has 0 aliphatic carbocycles. The van der Waals surface area contributed by atoms with E-state index in [0.717, 1.165) is 17.7 Å². The summed E-state index contributed by atoms with van der Waals surface area (Å²) in [6.07, 6.45) is -4.42. The Morgan fingerprint density at radius 2 is 1.70 bits per heavy atom. The molecule has 4 heteroatoms. The Kier molecular flexibility index (Phi) is 3.93. The van der Waals surface area contributed by atoms with Crippen molar-refractivity contribution in [2.75, 3.05) is 0 Å². The van der Waals surface area contributed by atoms with E-state index in [0.29, 0.717) is 11.1 Å². The van der Waals surface area contributed by atoms with Gasteiger partial charge in [0.25, 0.3) is 0 Å². The zero-order valence-corrected chi connectivity index (χ0v) is 10.9. The number of hydrogen-bond acceptors (Lipinski definition) is 1. The third-order valence-electron chi connectivity index (χ3n) is 2.99. The first kappa shape index (κ1) is 14.3. The van der Waals surface area contributed by atoms with Crippen LogP contribution in [0, 0.1) is 6.92 Å². The van der Waals surface area contributed by atoms with Crippen LogP contribution in [0.3, 0.4) is 0 Å². The van der Waals surface area contributed by atoms with Gasteiger partial charge in [0.05, 0.1) is 5.56 Å². The number of ketones is 1. The topological polar surface area (TPSA) is 17.1 Å². The lowest BCUT2D eigenvalue weighted by Gasteiger charge is -2.08. The van der Waals surface area contributed by atoms with Gasteiger partial charge in [-0.15, -0.1) is 0 Å². The Hall–Kier alpha value is -2.10. The molecule has 2 rings (SSSR count). The van der Waals surface area contributed by atoms with E-state index in [4.69, 9.17) is 0 Å². The molecule has 0 N–H and O–H groups in total. The number of carbonyl (C=O) groups is 1. The number of rotatable bonds is 3. The Labute approximate surface area is 115 Å². The predicted molar refractivity (Wildman–Crippen MR) is 70.7 cm³/mol. The number of hydrogen-bond donors (Lipinski definition) is 0. The van der Waals surface area contributed by atoms with Crippen molar-refractivity contribution in [3.8, 4) is 0 Å². The van der Waals surface area contributed by atoms with Crippen LogP contribution in [0.5, 0.6) is 0 Å². The van der Waals surface area contributed by atoms with E-state index in [-0.39, 0.29) is 12.2 Å². The Morgan fingerprint density at radius 1 is 1.05 bits per heavy atom. The quantitative estimate of drug-likeness (QED) is 0.759. The molecule has 0 aliphatic rings. The number of Topliss-reactive ketones (excluding diaryl/α,β-unsaturated/α-hetero) is 1. The highest BCUT2D eigenvalue weighted by molar-refractivity contribution is 5.97. The summed E-state index contributed by atoms with van der Waals surface area (Å²) >= 11 is 0. The lowest BCUT2D eigenvalue weighted by atomic mass is 10.0. The summed E-state index contributed by atoms with van der Waals surface area (Å²) in [5, 5.41) is 0. The fraction of sp³-hybridized carbons (Fsp3) is 0.188. The van der Waals surface area contributed by atoms with Crippen molar-refractivity contribution < 1.29 is 18.0 Å². The minimum Gasteiger partial charge on any atom is -0.294 e. The third kappa shape index (κ3) is 3.47. The maximum absolute atomic E-state index is 12.6. The SMILES string of the molecule is Cc1ccc(C(=O)Cc2cccc(C(F)(F)F)c2)cc1. The van der Waals surface area contributed by atoms with E-state index < -0.39 is 11.7 Å². The molecule has 20 heavy (non-hydrogen) atoms. The molecule has 0 radical (unpaired) electrons. The molecule has 104 valence electrons. The summed E-state index contributed by atoms with van der Waals surface area (Å²) in [6.45, 7) is 1.90. The number of aryl methyl sites for hydroxylation is 1. The number of alkyl halides is 3. The molecule has 0 bridgehead atoms. The zero-order valence-electron chi connectivity index (χ0n) is 10.9. The molecule has 0 aliphatic heterocycles. The van der Waals surface area contributed by atoms with Crippen LogP contribution in [0.1, 0.15) is 27.0 Å². The van der Waals surface area contributed by atoms with Crippen molar-refractivity contribution in [2.45, 2.75) is 19.5 Å². The molecule has 1 nitrogen and oxygen atoms in total. The number of halogens is 3. The van der Waals surface area contributed by atoms with Crippen LogP contribution in [0.15, 0.2) is 48.5 Å². The zero-order chi connectivity index (χ0) is 14.8. The summed E-state index contributed by atoms with van der Waals surface area (Å²) in [5.74, 6) is -0.190. The van der Waals surface area contributed by atoms with Crippen molar-refractivity contribution in [3.63, 3.8) is 0 Å². The van der Waals surface area contributed by atoms with E-state index in [1.54, 1.807) is 24.3 Å². The summed E-state index contributed by atoms with van der Waals surface area (Å²) in [7, 11) is 0. The summed E-state index contributed by atoms with van der Waals surface area (Å²) in [6, 6.07) is 11.9. The highest BCUT2D eigenvalue weighted by Crippen LogP contribution is 2.29. The molecule has 0 amide bonds. The van der Waals surface area contributed by atoms with Gasteiger partial charge in [-0.05, 0) is 18.6 Å². The monoisotopic (exact) mass is 278 g/mol. The molecular formula is C16H13F3O. The van der Waals surface area contributed by atoms with Crippen LogP contribution < -0.4 is 0 Å². The van der Waals surface area contributed by atoms with Gasteiger partial charge in [-0.1, -0.05) is 48.0 Å². The van der Waals surface area contributed by atoms with Crippen LogP contribution >= 0.6 is 0 Å². The van der Waals surface area contributed by atoms with E-state index >= 15 is 0 Å². The molecule has 0 aromatic heterocycles. The van der Waals surface area contributed by atoms with Crippen molar-refractivity contribution >= 4 is 5.78 Å². The van der Waals surface area contributed by atoms with Gasteiger partial charge in [-0.3, -0.25) is 4.79 Å². The minimum absolute atomic E-state index is 0.0347. The lowest BCUT2D eigenvalue weighted by Crippen LogP contribution is -2.08. The lowest BCUT2D eigenvalue weighted by molar-refractivity contribution is -0.137. The van der Waals surface area contributed by atoms with Crippen molar-refractivity contribution in [2.24, 2.45) is 0 Å². The van der Waals surface area contributed by atoms with Gasteiger partial charge in [-0.2, -0.15) is 13.2 Å².